The molecule has 3 heteroatoms. The standard InChI is InChI=1S/2C48H30O.C46H28O/c1-2-14-31(15-3-1)34-18-4-5-19-35(34)38-25-12-16-32-17-13-26-43(46(32)38)48-41-23-8-6-21-39(41)47(40-22-7-9-24-42(40)48)33-28-29-37-36-20-10-11-27-44(36)49-45(37)30-33;1-2-13-31(14-3-1)35-16-4-5-17-36(35)33-26-25-32-15-12-23-43(44(32)29-33)48-41-21-8-6-19-39(41)47(40-20-7-9-22-42(40)48)34-27-28-38-37-18-10-11-24-45(37)49-46(38)30-34;1-3-15-32-29(12-1)14-11-22-34(32)41-27-24-30-13-2-4-16-33(30)45(41)46-39-20-7-5-18-37(39)44(38-19-6-8-21-40(38)46)31-25-26-36-35-17-9-10-23-42(35)47-43(36)28-31/h2*1-30H;1-28H. The maximum Gasteiger partial charge on any atom is 0.136 e. The maximum absolute atomic E-state index is 6.38. The number of furan rings is 3. The van der Waals surface area contributed by atoms with Gasteiger partial charge in [-0.05, 0) is 291 Å². The summed E-state index contributed by atoms with van der Waals surface area (Å²) in [5.41, 5.74) is 32.5. The Hall–Kier alpha value is -19.1. The first kappa shape index (κ1) is 84.0. The van der Waals surface area contributed by atoms with Gasteiger partial charge in [-0.15, -0.1) is 0 Å². The van der Waals surface area contributed by atoms with Crippen LogP contribution in [0.25, 0.3) is 296 Å². The lowest BCUT2D eigenvalue weighted by Crippen LogP contribution is -1.94. The van der Waals surface area contributed by atoms with Crippen molar-refractivity contribution in [2.45, 2.75) is 0 Å². The minimum Gasteiger partial charge on any atom is -0.456 e. The summed E-state index contributed by atoms with van der Waals surface area (Å²) in [7, 11) is 0. The van der Waals surface area contributed by atoms with E-state index in [-0.39, 0.29) is 0 Å². The van der Waals surface area contributed by atoms with Gasteiger partial charge >= 0.3 is 0 Å². The van der Waals surface area contributed by atoms with Crippen LogP contribution in [-0.4, -0.2) is 0 Å². The van der Waals surface area contributed by atoms with E-state index in [0.29, 0.717) is 0 Å². The fraction of sp³-hybridized carbons (Fsp3) is 0. The second-order valence-electron chi connectivity index (χ2n) is 38.0. The van der Waals surface area contributed by atoms with Crippen LogP contribution in [0, 0.1) is 0 Å². The average Bonchev–Trinajstić information content (AvgIpc) is 1.12. The number of hydrogen-bond acceptors (Lipinski definition) is 3. The Morgan fingerprint density at radius 1 is 0.0966 bits per heavy atom. The predicted octanol–water partition coefficient (Wildman–Crippen LogP) is 40.6. The summed E-state index contributed by atoms with van der Waals surface area (Å²) in [6.07, 6.45) is 0. The molecule has 674 valence electrons. The molecule has 0 aliphatic heterocycles. The zero-order valence-electron chi connectivity index (χ0n) is 79.0. The molecular formula is C142H88O3. The highest BCUT2D eigenvalue weighted by atomic mass is 16.3. The van der Waals surface area contributed by atoms with E-state index in [0.717, 1.165) is 82.5 Å². The second-order valence-corrected chi connectivity index (χ2v) is 38.0. The van der Waals surface area contributed by atoms with E-state index in [2.05, 4.69) is 497 Å². The molecule has 30 aromatic rings. The van der Waals surface area contributed by atoms with Crippen molar-refractivity contribution >= 4 is 174 Å². The molecule has 0 atom stereocenters. The van der Waals surface area contributed by atoms with Crippen molar-refractivity contribution in [2.24, 2.45) is 0 Å². The van der Waals surface area contributed by atoms with Gasteiger partial charge < -0.3 is 13.3 Å². The van der Waals surface area contributed by atoms with E-state index in [9.17, 15) is 0 Å². The van der Waals surface area contributed by atoms with Gasteiger partial charge in [0.05, 0.1) is 0 Å². The Kier molecular flexibility index (Phi) is 20.3. The van der Waals surface area contributed by atoms with Gasteiger partial charge in [0.2, 0.25) is 0 Å². The lowest BCUT2D eigenvalue weighted by Gasteiger charge is -2.21. The van der Waals surface area contributed by atoms with Gasteiger partial charge in [0.25, 0.3) is 0 Å². The maximum atomic E-state index is 6.38. The Balaban J connectivity index is 0.000000106. The summed E-state index contributed by atoms with van der Waals surface area (Å²) in [6, 6.07) is 193. The Bertz CT molecular complexity index is 10300. The Morgan fingerprint density at radius 2 is 0.366 bits per heavy atom. The van der Waals surface area contributed by atoms with Crippen LogP contribution in [0.15, 0.2) is 547 Å². The van der Waals surface area contributed by atoms with Crippen molar-refractivity contribution in [2.75, 3.05) is 0 Å². The summed E-state index contributed by atoms with van der Waals surface area (Å²) in [5.74, 6) is 0. The monoisotopic (exact) mass is 1840 g/mol. The molecule has 3 heterocycles. The summed E-state index contributed by atoms with van der Waals surface area (Å²) >= 11 is 0. The molecule has 3 aromatic heterocycles. The largest absolute Gasteiger partial charge is 0.456 e. The molecule has 0 saturated carbocycles. The van der Waals surface area contributed by atoms with Gasteiger partial charge in [0.15, 0.2) is 0 Å². The fourth-order valence-corrected chi connectivity index (χ4v) is 23.7. The van der Waals surface area contributed by atoms with Crippen molar-refractivity contribution in [3.05, 3.63) is 534 Å². The van der Waals surface area contributed by atoms with E-state index < -0.39 is 0 Å². The molecule has 0 spiro atoms. The Labute approximate surface area is 836 Å². The van der Waals surface area contributed by atoms with Crippen LogP contribution < -0.4 is 0 Å². The first-order chi connectivity index (χ1) is 72.0. The number of para-hydroxylation sites is 3. The molecule has 0 bridgehead atoms. The fourth-order valence-electron chi connectivity index (χ4n) is 23.7. The summed E-state index contributed by atoms with van der Waals surface area (Å²) < 4.78 is 19.1. The molecule has 0 amide bonds. The molecule has 27 aromatic carbocycles. The third-order valence-electron chi connectivity index (χ3n) is 30.0. The molecule has 0 radical (unpaired) electrons. The minimum absolute atomic E-state index is 0.909. The number of hydrogen-bond donors (Lipinski definition) is 0. The van der Waals surface area contributed by atoms with E-state index >= 15 is 0 Å². The average molecular weight is 1840 g/mol. The molecule has 30 rings (SSSR count). The quantitative estimate of drug-likeness (QED) is 0.121. The zero-order chi connectivity index (χ0) is 95.5. The van der Waals surface area contributed by atoms with E-state index in [1.165, 1.54) is 213 Å². The van der Waals surface area contributed by atoms with Gasteiger partial charge in [0.1, 0.15) is 33.5 Å². The van der Waals surface area contributed by atoms with Crippen LogP contribution in [0.3, 0.4) is 0 Å². The SMILES string of the molecule is c1ccc(-c2ccccc2-c2ccc3cccc(-c4c5ccccc5c(-c5ccc6c(c5)oc5ccccc56)c5ccccc45)c3c2)cc1.c1ccc(-c2ccccc2-c2cccc3cccc(-c4c5ccccc5c(-c5ccc6c(c5)oc5ccccc56)c5ccccc45)c23)cc1.c1ccc2c(-c3ccc4ccccc4c3-c3c4ccccc4c(-c4ccc5c(c4)oc4ccccc45)c4ccccc34)cccc2c1. The first-order valence-corrected chi connectivity index (χ1v) is 49.9. The highest BCUT2D eigenvalue weighted by molar-refractivity contribution is 6.30. The van der Waals surface area contributed by atoms with Gasteiger partial charge in [-0.3, -0.25) is 0 Å². The van der Waals surface area contributed by atoms with Crippen LogP contribution in [-0.2, 0) is 0 Å². The molecule has 0 aliphatic carbocycles. The van der Waals surface area contributed by atoms with Gasteiger partial charge in [0, 0.05) is 32.3 Å². The first-order valence-electron chi connectivity index (χ1n) is 49.9. The highest BCUT2D eigenvalue weighted by Gasteiger charge is 2.28. The number of rotatable bonds is 11. The summed E-state index contributed by atoms with van der Waals surface area (Å²) in [4.78, 5) is 0. The second kappa shape index (κ2) is 35.1. The van der Waals surface area contributed by atoms with Gasteiger partial charge in [-0.25, -0.2) is 0 Å². The van der Waals surface area contributed by atoms with Crippen molar-refractivity contribution in [1.29, 1.82) is 0 Å². The highest BCUT2D eigenvalue weighted by Crippen LogP contribution is 2.55. The number of fused-ring (bicyclic) bond motifs is 19. The topological polar surface area (TPSA) is 39.4 Å². The van der Waals surface area contributed by atoms with Gasteiger partial charge in [-0.2, -0.15) is 0 Å². The van der Waals surface area contributed by atoms with Crippen molar-refractivity contribution in [3.8, 4) is 122 Å². The molecule has 145 heavy (non-hydrogen) atoms. The minimum atomic E-state index is 0.909. The molecule has 0 fully saturated rings. The van der Waals surface area contributed by atoms with Crippen LogP contribution in [0.1, 0.15) is 0 Å². The van der Waals surface area contributed by atoms with Gasteiger partial charge in [-0.1, -0.05) is 473 Å². The molecule has 0 aliphatic rings. The van der Waals surface area contributed by atoms with Crippen molar-refractivity contribution in [1.82, 2.24) is 0 Å². The lowest BCUT2D eigenvalue weighted by atomic mass is 9.81. The molecule has 3 nitrogen and oxygen atoms in total. The Morgan fingerprint density at radius 3 is 0.800 bits per heavy atom. The van der Waals surface area contributed by atoms with E-state index in [4.69, 9.17) is 13.3 Å². The van der Waals surface area contributed by atoms with Crippen LogP contribution in [0.2, 0.25) is 0 Å². The lowest BCUT2D eigenvalue weighted by molar-refractivity contribution is 0.668. The van der Waals surface area contributed by atoms with Crippen molar-refractivity contribution < 1.29 is 13.3 Å². The van der Waals surface area contributed by atoms with Crippen LogP contribution in [0.5, 0.6) is 0 Å². The van der Waals surface area contributed by atoms with Crippen molar-refractivity contribution in [3.63, 3.8) is 0 Å². The van der Waals surface area contributed by atoms with E-state index in [1.807, 2.05) is 36.4 Å². The smallest absolute Gasteiger partial charge is 0.136 e. The van der Waals surface area contributed by atoms with E-state index in [1.54, 1.807) is 0 Å². The third kappa shape index (κ3) is 14.2. The molecule has 0 N–H and O–H groups in total. The number of benzene rings is 27. The van der Waals surface area contributed by atoms with Crippen LogP contribution >= 0.6 is 0 Å². The molecule has 0 saturated heterocycles. The summed E-state index contributed by atoms with van der Waals surface area (Å²) in [6.45, 7) is 0. The molecular weight excluding hydrogens is 1750 g/mol. The summed E-state index contributed by atoms with van der Waals surface area (Å²) in [5, 5.41) is 31.6. The van der Waals surface area contributed by atoms with Crippen LogP contribution in [0.4, 0.5) is 0 Å². The zero-order valence-corrected chi connectivity index (χ0v) is 79.0. The normalized spacial score (nSPS) is 11.7. The molecule has 0 unspecified atom stereocenters. The predicted molar refractivity (Wildman–Crippen MR) is 616 cm³/mol. The third-order valence-corrected chi connectivity index (χ3v) is 30.0.